The van der Waals surface area contributed by atoms with Gasteiger partial charge in [-0.15, -0.1) is 5.10 Å². The van der Waals surface area contributed by atoms with E-state index in [1.54, 1.807) is 4.68 Å². The Labute approximate surface area is 145 Å². The molecule has 0 bridgehead atoms. The Morgan fingerprint density at radius 3 is 2.20 bits per heavy atom. The summed E-state index contributed by atoms with van der Waals surface area (Å²) in [5.74, 6) is 0. The van der Waals surface area contributed by atoms with Crippen molar-refractivity contribution in [2.45, 2.75) is 12.5 Å². The first kappa shape index (κ1) is 15.5. The van der Waals surface area contributed by atoms with Gasteiger partial charge in [-0.25, -0.2) is 9.07 Å². The van der Waals surface area contributed by atoms with Crippen LogP contribution in [0.3, 0.4) is 0 Å². The summed E-state index contributed by atoms with van der Waals surface area (Å²) in [6.45, 7) is 1.40. The molecule has 4 aromatic rings. The summed E-state index contributed by atoms with van der Waals surface area (Å²) in [7, 11) is 0. The van der Waals surface area contributed by atoms with Crippen LogP contribution < -0.4 is 0 Å². The Morgan fingerprint density at radius 1 is 0.840 bits per heavy atom. The van der Waals surface area contributed by atoms with Crippen molar-refractivity contribution in [1.82, 2.24) is 15.0 Å². The van der Waals surface area contributed by atoms with Crippen LogP contribution in [0.4, 0.5) is 4.39 Å². The lowest BCUT2D eigenvalue weighted by atomic mass is 9.83. The van der Waals surface area contributed by atoms with E-state index in [1.807, 2.05) is 85.8 Å². The molecule has 1 atom stereocenters. The average molecular weight is 331 g/mol. The van der Waals surface area contributed by atoms with Gasteiger partial charge >= 0.3 is 0 Å². The van der Waals surface area contributed by atoms with Crippen LogP contribution in [0, 0.1) is 6.92 Å². The van der Waals surface area contributed by atoms with Gasteiger partial charge in [-0.1, -0.05) is 77.5 Å². The largest absolute Gasteiger partial charge is 0.248 e. The van der Waals surface area contributed by atoms with Crippen LogP contribution in [-0.4, -0.2) is 21.7 Å². The Morgan fingerprint density at radius 2 is 1.48 bits per heavy atom. The van der Waals surface area contributed by atoms with E-state index in [-0.39, 0.29) is 0 Å². The summed E-state index contributed by atoms with van der Waals surface area (Å²) >= 11 is 0. The van der Waals surface area contributed by atoms with E-state index < -0.39 is 12.2 Å². The maximum Gasteiger partial charge on any atom is 0.143 e. The van der Waals surface area contributed by atoms with Gasteiger partial charge in [0, 0.05) is 0 Å². The molecule has 0 spiro atoms. The Bertz CT molecular complexity index is 993. The summed E-state index contributed by atoms with van der Waals surface area (Å²) in [5.41, 5.74) is 3.34. The summed E-state index contributed by atoms with van der Waals surface area (Å²) in [5, 5.41) is 8.59. The van der Waals surface area contributed by atoms with E-state index in [1.165, 1.54) is 0 Å². The van der Waals surface area contributed by atoms with Crippen LogP contribution >= 0.6 is 0 Å². The van der Waals surface area contributed by atoms with Crippen LogP contribution in [0.5, 0.6) is 0 Å². The van der Waals surface area contributed by atoms with E-state index in [2.05, 4.69) is 10.3 Å². The Kier molecular flexibility index (Phi) is 3.80. The molecule has 1 aromatic heterocycles. The number of hydrogen-bond donors (Lipinski definition) is 0. The summed E-state index contributed by atoms with van der Waals surface area (Å²) < 4.78 is 16.5. The molecule has 0 saturated heterocycles. The molecular formula is C21H18FN3. The summed E-state index contributed by atoms with van der Waals surface area (Å²) in [4.78, 5) is 0. The Balaban J connectivity index is 2.06. The lowest BCUT2D eigenvalue weighted by molar-refractivity contribution is 0.288. The van der Waals surface area contributed by atoms with E-state index in [0.29, 0.717) is 0 Å². The second kappa shape index (κ2) is 6.13. The molecule has 0 fully saturated rings. The van der Waals surface area contributed by atoms with Crippen LogP contribution in [0.2, 0.25) is 0 Å². The maximum absolute atomic E-state index is 14.8. The van der Waals surface area contributed by atoms with Crippen molar-refractivity contribution in [3.8, 4) is 0 Å². The lowest BCUT2D eigenvalue weighted by Crippen LogP contribution is -2.39. The number of rotatable bonds is 4. The number of para-hydroxylation sites is 1. The molecular weight excluding hydrogens is 313 g/mol. The maximum atomic E-state index is 14.8. The molecule has 4 rings (SSSR count). The number of fused-ring (bicyclic) bond motifs is 1. The van der Waals surface area contributed by atoms with Gasteiger partial charge in [0.25, 0.3) is 0 Å². The zero-order valence-corrected chi connectivity index (χ0v) is 13.9. The van der Waals surface area contributed by atoms with Gasteiger partial charge in [-0.2, -0.15) is 0 Å². The molecule has 4 heteroatoms. The second-order valence-electron chi connectivity index (χ2n) is 6.22. The molecule has 0 aliphatic carbocycles. The van der Waals surface area contributed by atoms with Crippen LogP contribution in [0.25, 0.3) is 11.0 Å². The molecule has 1 heterocycles. The average Bonchev–Trinajstić information content (AvgIpc) is 3.10. The first-order valence-corrected chi connectivity index (χ1v) is 8.25. The summed E-state index contributed by atoms with van der Waals surface area (Å²) in [6, 6.07) is 25.3. The first-order valence-electron chi connectivity index (χ1n) is 8.25. The Hall–Kier alpha value is -3.01. The fourth-order valence-corrected chi connectivity index (χ4v) is 3.32. The highest BCUT2D eigenvalue weighted by Crippen LogP contribution is 2.36. The fraction of sp³-hybridized carbons (Fsp3) is 0.143. The van der Waals surface area contributed by atoms with Crippen LogP contribution in [-0.2, 0) is 5.54 Å². The highest BCUT2D eigenvalue weighted by Gasteiger charge is 2.39. The number of alkyl halides is 1. The first-order chi connectivity index (χ1) is 12.3. The smallest absolute Gasteiger partial charge is 0.143 e. The van der Waals surface area contributed by atoms with Crippen molar-refractivity contribution in [3.05, 3.63) is 95.6 Å². The third-order valence-corrected chi connectivity index (χ3v) is 4.69. The molecule has 124 valence electrons. The second-order valence-corrected chi connectivity index (χ2v) is 6.22. The molecule has 25 heavy (non-hydrogen) atoms. The van der Waals surface area contributed by atoms with Crippen molar-refractivity contribution >= 4 is 11.0 Å². The van der Waals surface area contributed by atoms with Gasteiger partial charge in [0.1, 0.15) is 17.7 Å². The van der Waals surface area contributed by atoms with Crippen molar-refractivity contribution in [2.24, 2.45) is 0 Å². The van der Waals surface area contributed by atoms with Crippen molar-refractivity contribution < 1.29 is 4.39 Å². The molecule has 0 aliphatic rings. The zero-order valence-electron chi connectivity index (χ0n) is 13.9. The van der Waals surface area contributed by atoms with Gasteiger partial charge in [0.05, 0.1) is 5.52 Å². The van der Waals surface area contributed by atoms with Crippen LogP contribution in [0.15, 0.2) is 78.9 Å². The molecule has 0 amide bonds. The number of nitrogens with zero attached hydrogens (tertiary/aromatic N) is 3. The van der Waals surface area contributed by atoms with E-state index in [9.17, 15) is 4.39 Å². The zero-order chi connectivity index (χ0) is 17.3. The van der Waals surface area contributed by atoms with E-state index in [0.717, 1.165) is 27.7 Å². The monoisotopic (exact) mass is 331 g/mol. The number of hydrogen-bond acceptors (Lipinski definition) is 2. The molecule has 0 radical (unpaired) electrons. The van der Waals surface area contributed by atoms with E-state index >= 15 is 0 Å². The van der Waals surface area contributed by atoms with Gasteiger partial charge in [-0.3, -0.25) is 0 Å². The molecule has 3 aromatic carbocycles. The van der Waals surface area contributed by atoms with Gasteiger partial charge in [-0.05, 0) is 30.2 Å². The predicted molar refractivity (Wildman–Crippen MR) is 97.3 cm³/mol. The minimum atomic E-state index is -1.05. The number of aryl methyl sites for hydroxylation is 1. The standard InChI is InChI=1S/C21H18FN3/c1-16-11-13-18(14-12-16)21(15-22,17-7-3-2-4-8-17)25-20-10-6-5-9-19(20)23-24-25/h2-14H,15H2,1H3. The SMILES string of the molecule is Cc1ccc(C(CF)(c2ccccc2)n2nnc3ccccc32)cc1. The number of aromatic nitrogens is 3. The molecule has 1 unspecified atom stereocenters. The molecule has 0 N–H and O–H groups in total. The van der Waals surface area contributed by atoms with Gasteiger partial charge in [0.2, 0.25) is 0 Å². The quantitative estimate of drug-likeness (QED) is 0.551. The third-order valence-electron chi connectivity index (χ3n) is 4.69. The van der Waals surface area contributed by atoms with Gasteiger partial charge in [0.15, 0.2) is 0 Å². The highest BCUT2D eigenvalue weighted by molar-refractivity contribution is 5.75. The van der Waals surface area contributed by atoms with E-state index in [4.69, 9.17) is 0 Å². The van der Waals surface area contributed by atoms with Crippen molar-refractivity contribution in [2.75, 3.05) is 6.67 Å². The molecule has 0 saturated carbocycles. The fourth-order valence-electron chi connectivity index (χ4n) is 3.32. The number of halogens is 1. The van der Waals surface area contributed by atoms with Crippen molar-refractivity contribution in [1.29, 1.82) is 0 Å². The minimum absolute atomic E-state index is 0.618. The van der Waals surface area contributed by atoms with Crippen LogP contribution in [0.1, 0.15) is 16.7 Å². The minimum Gasteiger partial charge on any atom is -0.248 e. The number of benzene rings is 3. The molecule has 3 nitrogen and oxygen atoms in total. The lowest BCUT2D eigenvalue weighted by Gasteiger charge is -2.33. The highest BCUT2D eigenvalue weighted by atomic mass is 19.1. The molecule has 0 aliphatic heterocycles. The third kappa shape index (κ3) is 2.41. The normalized spacial score (nSPS) is 13.7. The summed E-state index contributed by atoms with van der Waals surface area (Å²) in [6.07, 6.45) is 0. The topological polar surface area (TPSA) is 30.7 Å². The van der Waals surface area contributed by atoms with Crippen molar-refractivity contribution in [3.63, 3.8) is 0 Å². The van der Waals surface area contributed by atoms with Gasteiger partial charge < -0.3 is 0 Å². The predicted octanol–water partition coefficient (Wildman–Crippen LogP) is 4.50.